The number of ether oxygens (including phenoxy) is 1. The van der Waals surface area contributed by atoms with Crippen molar-refractivity contribution in [2.75, 3.05) is 26.8 Å². The zero-order valence-corrected chi connectivity index (χ0v) is 15.5. The van der Waals surface area contributed by atoms with Crippen molar-refractivity contribution in [2.24, 2.45) is 5.92 Å². The number of rotatable bonds is 8. The predicted molar refractivity (Wildman–Crippen MR) is 91.3 cm³/mol. The molecule has 1 aliphatic rings. The Labute approximate surface area is 144 Å². The molecule has 0 saturated carbocycles. The molecule has 2 N–H and O–H groups in total. The van der Waals surface area contributed by atoms with Crippen LogP contribution in [0.15, 0.2) is 17.6 Å². The molecule has 2 heterocycles. The summed E-state index contributed by atoms with van der Waals surface area (Å²) in [6.45, 7) is 6.57. The van der Waals surface area contributed by atoms with Gasteiger partial charge >= 0.3 is 0 Å². The van der Waals surface area contributed by atoms with Crippen molar-refractivity contribution in [1.29, 1.82) is 0 Å². The molecule has 1 saturated heterocycles. The van der Waals surface area contributed by atoms with Crippen LogP contribution in [0.5, 0.6) is 0 Å². The van der Waals surface area contributed by atoms with Crippen molar-refractivity contribution in [3.8, 4) is 0 Å². The van der Waals surface area contributed by atoms with Gasteiger partial charge < -0.3 is 14.6 Å². The fourth-order valence-electron chi connectivity index (χ4n) is 2.78. The molecule has 0 bridgehead atoms. The summed E-state index contributed by atoms with van der Waals surface area (Å²) in [5, 5.41) is 3.42. The Morgan fingerprint density at radius 1 is 1.52 bits per heavy atom. The van der Waals surface area contributed by atoms with Crippen LogP contribution in [0.3, 0.4) is 0 Å². The highest BCUT2D eigenvalue weighted by Gasteiger charge is 2.35. The van der Waals surface area contributed by atoms with Gasteiger partial charge in [0.25, 0.3) is 10.0 Å². The first-order valence-electron chi connectivity index (χ1n) is 7.62. The van der Waals surface area contributed by atoms with E-state index in [2.05, 4.69) is 28.9 Å². The number of hydrogen-bond acceptors (Lipinski definition) is 5. The maximum absolute atomic E-state index is 12.4. The molecule has 0 radical (unpaired) electrons. The molecule has 0 amide bonds. The Hall–Kier alpha value is -0.670. The molecule has 23 heavy (non-hydrogen) atoms. The van der Waals surface area contributed by atoms with Crippen molar-refractivity contribution in [3.63, 3.8) is 0 Å². The van der Waals surface area contributed by atoms with Crippen molar-refractivity contribution in [1.82, 2.24) is 19.6 Å². The Morgan fingerprint density at radius 3 is 2.83 bits per heavy atom. The van der Waals surface area contributed by atoms with Gasteiger partial charge in [-0.3, -0.25) is 0 Å². The number of hydrogen-bond donors (Lipinski definition) is 2. The summed E-state index contributed by atoms with van der Waals surface area (Å²) in [6.07, 6.45) is 5.06. The summed E-state index contributed by atoms with van der Waals surface area (Å²) in [7, 11) is -1.97. The molecule has 0 aliphatic carbocycles. The van der Waals surface area contributed by atoms with Gasteiger partial charge in [0, 0.05) is 26.4 Å². The van der Waals surface area contributed by atoms with Gasteiger partial charge in [-0.15, -0.1) is 12.4 Å². The Morgan fingerprint density at radius 2 is 2.26 bits per heavy atom. The second kappa shape index (κ2) is 8.43. The molecule has 0 aromatic carbocycles. The number of aromatic nitrogens is 2. The van der Waals surface area contributed by atoms with Gasteiger partial charge in [0.2, 0.25) is 0 Å². The maximum Gasteiger partial charge on any atom is 0.259 e. The Kier molecular flexibility index (Phi) is 7.47. The van der Waals surface area contributed by atoms with E-state index in [1.54, 1.807) is 24.2 Å². The minimum Gasteiger partial charge on any atom is -0.383 e. The van der Waals surface area contributed by atoms with Gasteiger partial charge in [-0.2, -0.15) is 0 Å². The van der Waals surface area contributed by atoms with Crippen LogP contribution >= 0.6 is 12.4 Å². The van der Waals surface area contributed by atoms with E-state index in [1.807, 2.05) is 0 Å². The van der Waals surface area contributed by atoms with Gasteiger partial charge in [-0.1, -0.05) is 13.8 Å². The molecule has 1 fully saturated rings. The lowest BCUT2D eigenvalue weighted by Crippen LogP contribution is -2.52. The van der Waals surface area contributed by atoms with E-state index in [-0.39, 0.29) is 23.0 Å². The summed E-state index contributed by atoms with van der Waals surface area (Å²) < 4.78 is 34.5. The van der Waals surface area contributed by atoms with Crippen LogP contribution in [-0.4, -0.2) is 50.3 Å². The number of nitrogens with one attached hydrogen (secondary N) is 2. The smallest absolute Gasteiger partial charge is 0.259 e. The Bertz CT molecular complexity index is 583. The van der Waals surface area contributed by atoms with E-state index >= 15 is 0 Å². The van der Waals surface area contributed by atoms with E-state index in [9.17, 15) is 8.42 Å². The first-order chi connectivity index (χ1) is 10.4. The van der Waals surface area contributed by atoms with Crippen molar-refractivity contribution < 1.29 is 13.2 Å². The van der Waals surface area contributed by atoms with Crippen molar-refractivity contribution in [2.45, 2.75) is 43.8 Å². The molecule has 1 aromatic heterocycles. The third kappa shape index (κ3) is 5.42. The van der Waals surface area contributed by atoms with E-state index in [1.165, 1.54) is 0 Å². The quantitative estimate of drug-likeness (QED) is 0.717. The fraction of sp³-hybridized carbons (Fsp3) is 0.786. The van der Waals surface area contributed by atoms with Crippen LogP contribution in [-0.2, 0) is 21.3 Å². The molecule has 1 aromatic rings. The molecule has 7 nitrogen and oxygen atoms in total. The van der Waals surface area contributed by atoms with E-state index in [4.69, 9.17) is 4.74 Å². The van der Waals surface area contributed by atoms with Gasteiger partial charge in [0.1, 0.15) is 0 Å². The number of imidazole rings is 1. The molecule has 1 aliphatic heterocycles. The second-order valence-electron chi connectivity index (χ2n) is 6.37. The summed E-state index contributed by atoms with van der Waals surface area (Å²) in [4.78, 5) is 4.02. The summed E-state index contributed by atoms with van der Waals surface area (Å²) in [5.74, 6) is 0.436. The van der Waals surface area contributed by atoms with Crippen LogP contribution in [0.4, 0.5) is 0 Å². The number of nitrogens with zero attached hydrogens (tertiary/aromatic N) is 2. The zero-order chi connectivity index (χ0) is 16.2. The highest BCUT2D eigenvalue weighted by molar-refractivity contribution is 7.89. The average molecular weight is 367 g/mol. The van der Waals surface area contributed by atoms with Gasteiger partial charge in [0.15, 0.2) is 5.03 Å². The normalized spacial score (nSPS) is 21.6. The topological polar surface area (TPSA) is 85.2 Å². The van der Waals surface area contributed by atoms with Crippen LogP contribution < -0.4 is 10.0 Å². The van der Waals surface area contributed by atoms with Crippen LogP contribution in [0, 0.1) is 5.92 Å². The lowest BCUT2D eigenvalue weighted by molar-refractivity contribution is 0.122. The first kappa shape index (κ1) is 20.4. The molecule has 0 spiro atoms. The van der Waals surface area contributed by atoms with E-state index in [0.717, 1.165) is 25.9 Å². The number of sulfonamides is 1. The van der Waals surface area contributed by atoms with Crippen molar-refractivity contribution in [3.05, 3.63) is 12.5 Å². The summed E-state index contributed by atoms with van der Waals surface area (Å²) in [6, 6.07) is 0. The molecule has 9 heteroatoms. The maximum atomic E-state index is 12.4. The lowest BCUT2D eigenvalue weighted by Gasteiger charge is -2.28. The molecular weight excluding hydrogens is 340 g/mol. The first-order valence-corrected chi connectivity index (χ1v) is 9.11. The minimum absolute atomic E-state index is 0. The zero-order valence-electron chi connectivity index (χ0n) is 13.9. The number of methoxy groups -OCH3 is 1. The average Bonchev–Trinajstić information content (AvgIpc) is 3.07. The molecule has 1 unspecified atom stereocenters. The minimum atomic E-state index is -3.60. The summed E-state index contributed by atoms with van der Waals surface area (Å²) >= 11 is 0. The molecule has 1 atom stereocenters. The van der Waals surface area contributed by atoms with Crippen molar-refractivity contribution >= 4 is 22.4 Å². The standard InChI is InChI=1S/C14H26N4O3S.ClH/c1-12(2)7-18-8-13(15-11-18)22(19,20)17-9-14(10-21-3)5-4-6-16-14;/h8,11-12,16-17H,4-7,9-10H2,1-3H3;1H. The number of halogens is 1. The molecular formula is C14H27ClN4O3S. The van der Waals surface area contributed by atoms with Gasteiger partial charge in [-0.25, -0.2) is 18.1 Å². The predicted octanol–water partition coefficient (Wildman–Crippen LogP) is 1.01. The summed E-state index contributed by atoms with van der Waals surface area (Å²) in [5.41, 5.74) is -0.317. The highest BCUT2D eigenvalue weighted by Crippen LogP contribution is 2.19. The van der Waals surface area contributed by atoms with E-state index in [0.29, 0.717) is 19.1 Å². The van der Waals surface area contributed by atoms with Gasteiger partial charge in [-0.05, 0) is 25.3 Å². The SMILES string of the molecule is COCC1(CNS(=O)(=O)c2cn(CC(C)C)cn2)CCCN1.Cl. The third-order valence-corrected chi connectivity index (χ3v) is 5.10. The monoisotopic (exact) mass is 366 g/mol. The Balaban J connectivity index is 0.00000264. The second-order valence-corrected chi connectivity index (χ2v) is 8.08. The third-order valence-electron chi connectivity index (χ3n) is 3.81. The molecule has 134 valence electrons. The largest absolute Gasteiger partial charge is 0.383 e. The van der Waals surface area contributed by atoms with E-state index < -0.39 is 10.0 Å². The molecule has 2 rings (SSSR count). The van der Waals surface area contributed by atoms with Crippen LogP contribution in [0.2, 0.25) is 0 Å². The fourth-order valence-corrected chi connectivity index (χ4v) is 3.85. The lowest BCUT2D eigenvalue weighted by atomic mass is 9.99. The van der Waals surface area contributed by atoms with Gasteiger partial charge in [0.05, 0.1) is 18.5 Å². The van der Waals surface area contributed by atoms with Crippen LogP contribution in [0.25, 0.3) is 0 Å². The highest BCUT2D eigenvalue weighted by atomic mass is 35.5. The van der Waals surface area contributed by atoms with Crippen LogP contribution in [0.1, 0.15) is 26.7 Å².